The van der Waals surface area contributed by atoms with Gasteiger partial charge < -0.3 is 10.1 Å². The van der Waals surface area contributed by atoms with Crippen molar-refractivity contribution < 1.29 is 5.21 Å². The van der Waals surface area contributed by atoms with Crippen molar-refractivity contribution in [1.29, 1.82) is 0 Å². The molecular formula is C21H34N4O. The molecule has 3 rings (SSSR count). The molecule has 1 saturated carbocycles. The second-order valence-electron chi connectivity index (χ2n) is 7.69. The van der Waals surface area contributed by atoms with Crippen molar-refractivity contribution in [3.8, 4) is 0 Å². The molecule has 2 heterocycles. The fourth-order valence-electron chi connectivity index (χ4n) is 4.35. The molecule has 5 nitrogen and oxygen atoms in total. The van der Waals surface area contributed by atoms with Crippen molar-refractivity contribution in [1.82, 2.24) is 9.88 Å². The van der Waals surface area contributed by atoms with Crippen molar-refractivity contribution >= 4 is 11.5 Å². The predicted molar refractivity (Wildman–Crippen MR) is 107 cm³/mol. The molecule has 144 valence electrons. The fraction of sp³-hybridized carbons (Fsp3) is 0.714. The summed E-state index contributed by atoms with van der Waals surface area (Å²) < 4.78 is 0. The third-order valence-electron chi connectivity index (χ3n) is 5.90. The molecule has 1 atom stereocenters. The van der Waals surface area contributed by atoms with Crippen LogP contribution in [0.1, 0.15) is 64.2 Å². The van der Waals surface area contributed by atoms with Crippen LogP contribution in [0.2, 0.25) is 0 Å². The van der Waals surface area contributed by atoms with E-state index in [-0.39, 0.29) is 0 Å². The number of pyridine rings is 1. The molecule has 26 heavy (non-hydrogen) atoms. The van der Waals surface area contributed by atoms with Crippen LogP contribution in [0.4, 0.5) is 5.82 Å². The third-order valence-corrected chi connectivity index (χ3v) is 5.90. The summed E-state index contributed by atoms with van der Waals surface area (Å²) in [5.41, 5.74) is 1.01. The van der Waals surface area contributed by atoms with Gasteiger partial charge in [0.15, 0.2) is 0 Å². The Morgan fingerprint density at radius 1 is 0.885 bits per heavy atom. The summed E-state index contributed by atoms with van der Waals surface area (Å²) >= 11 is 0. The minimum atomic E-state index is 0.310. The molecule has 0 radical (unpaired) electrons. The number of anilines is 1. The maximum Gasteiger partial charge on any atom is 0.128 e. The van der Waals surface area contributed by atoms with Gasteiger partial charge in [-0.1, -0.05) is 56.2 Å². The Kier molecular flexibility index (Phi) is 7.74. The van der Waals surface area contributed by atoms with Gasteiger partial charge in [-0.25, -0.2) is 4.98 Å². The molecule has 1 unspecified atom stereocenters. The van der Waals surface area contributed by atoms with Gasteiger partial charge in [0, 0.05) is 32.4 Å². The zero-order valence-corrected chi connectivity index (χ0v) is 16.0. The molecule has 1 aliphatic heterocycles. The van der Waals surface area contributed by atoms with Gasteiger partial charge in [-0.2, -0.15) is 0 Å². The summed E-state index contributed by atoms with van der Waals surface area (Å²) in [4.78, 5) is 9.39. The van der Waals surface area contributed by atoms with Crippen LogP contribution in [0.15, 0.2) is 29.6 Å². The normalized spacial score (nSPS) is 26.2. The molecule has 0 aromatic carbocycles. The molecular weight excluding hydrogens is 324 g/mol. The van der Waals surface area contributed by atoms with Gasteiger partial charge in [0.1, 0.15) is 5.82 Å². The Bertz CT molecular complexity index is 540. The molecule has 2 aliphatic rings. The van der Waals surface area contributed by atoms with E-state index in [4.69, 9.17) is 0 Å². The number of hydrogen-bond acceptors (Lipinski definition) is 5. The highest BCUT2D eigenvalue weighted by atomic mass is 16.4. The number of rotatable bonds is 2. The molecule has 5 heteroatoms. The summed E-state index contributed by atoms with van der Waals surface area (Å²) in [6, 6.07) is 6.42. The number of aromatic nitrogens is 1. The molecule has 0 bridgehead atoms. The first-order chi connectivity index (χ1) is 12.9. The average molecular weight is 359 g/mol. The Labute approximate surface area is 158 Å². The lowest BCUT2D eigenvalue weighted by Gasteiger charge is -2.40. The predicted octanol–water partition coefficient (Wildman–Crippen LogP) is 4.32. The molecule has 1 N–H and O–H groups in total. The minimum Gasteiger partial charge on any atom is -0.411 e. The third kappa shape index (κ3) is 5.44. The van der Waals surface area contributed by atoms with E-state index in [2.05, 4.69) is 32.1 Å². The Morgan fingerprint density at radius 2 is 1.58 bits per heavy atom. The average Bonchev–Trinajstić information content (AvgIpc) is 2.69. The van der Waals surface area contributed by atoms with E-state index in [1.165, 1.54) is 44.9 Å². The van der Waals surface area contributed by atoms with Crippen LogP contribution in [-0.4, -0.2) is 53.0 Å². The highest BCUT2D eigenvalue weighted by Gasteiger charge is 2.28. The summed E-state index contributed by atoms with van der Waals surface area (Å²) in [6.07, 6.45) is 14.3. The second-order valence-corrected chi connectivity index (χ2v) is 7.69. The van der Waals surface area contributed by atoms with Crippen molar-refractivity contribution in [2.45, 2.75) is 70.3 Å². The van der Waals surface area contributed by atoms with Gasteiger partial charge in [-0.15, -0.1) is 0 Å². The quantitative estimate of drug-likeness (QED) is 0.632. The molecule has 1 aromatic rings. The minimum absolute atomic E-state index is 0.310. The van der Waals surface area contributed by atoms with Crippen LogP contribution in [0.25, 0.3) is 0 Å². The molecule has 1 saturated heterocycles. The van der Waals surface area contributed by atoms with E-state index < -0.39 is 0 Å². The van der Waals surface area contributed by atoms with Gasteiger partial charge in [0.25, 0.3) is 0 Å². The van der Waals surface area contributed by atoms with Crippen molar-refractivity contribution in [3.63, 3.8) is 0 Å². The topological polar surface area (TPSA) is 52.0 Å². The van der Waals surface area contributed by atoms with Crippen LogP contribution < -0.4 is 4.90 Å². The van der Waals surface area contributed by atoms with Crippen LogP contribution in [0.5, 0.6) is 0 Å². The Morgan fingerprint density at radius 3 is 2.23 bits per heavy atom. The summed E-state index contributed by atoms with van der Waals surface area (Å²) in [6.45, 7) is 4.01. The van der Waals surface area contributed by atoms with Gasteiger partial charge in [-0.3, -0.25) is 4.90 Å². The number of oxime groups is 1. The van der Waals surface area contributed by atoms with Gasteiger partial charge in [-0.05, 0) is 31.4 Å². The van der Waals surface area contributed by atoms with Crippen molar-refractivity contribution in [3.05, 3.63) is 24.4 Å². The first kappa shape index (κ1) is 19.2. The van der Waals surface area contributed by atoms with E-state index >= 15 is 0 Å². The highest BCUT2D eigenvalue weighted by molar-refractivity contribution is 5.89. The maximum atomic E-state index is 9.67. The van der Waals surface area contributed by atoms with E-state index in [9.17, 15) is 5.21 Å². The molecule has 0 amide bonds. The van der Waals surface area contributed by atoms with E-state index in [0.717, 1.165) is 57.0 Å². The lowest BCUT2D eigenvalue weighted by molar-refractivity contribution is 0.207. The highest BCUT2D eigenvalue weighted by Crippen LogP contribution is 2.21. The zero-order valence-electron chi connectivity index (χ0n) is 16.0. The fourth-order valence-corrected chi connectivity index (χ4v) is 4.35. The van der Waals surface area contributed by atoms with Crippen molar-refractivity contribution in [2.75, 3.05) is 31.1 Å². The molecule has 0 spiro atoms. The van der Waals surface area contributed by atoms with E-state index in [0.29, 0.717) is 6.04 Å². The Balaban J connectivity index is 1.60. The van der Waals surface area contributed by atoms with Crippen LogP contribution in [0, 0.1) is 0 Å². The second kappa shape index (κ2) is 10.5. The number of hydrogen-bond donors (Lipinski definition) is 1. The molecule has 1 aromatic heterocycles. The van der Waals surface area contributed by atoms with Crippen LogP contribution >= 0.6 is 0 Å². The number of piperazine rings is 1. The van der Waals surface area contributed by atoms with Gasteiger partial charge in [0.2, 0.25) is 0 Å². The zero-order chi connectivity index (χ0) is 18.0. The van der Waals surface area contributed by atoms with Crippen molar-refractivity contribution in [2.24, 2.45) is 5.16 Å². The number of nitrogens with zero attached hydrogens (tertiary/aromatic N) is 4. The molecule has 2 fully saturated rings. The van der Waals surface area contributed by atoms with E-state index in [1.54, 1.807) is 0 Å². The standard InChI is InChI=1S/C21H34N4O/c26-23-19-11-7-5-3-1-2-4-6-8-12-20(19)24-15-17-25(18-16-24)21-13-9-10-14-22-21/h9-10,13-14,20,26H,1-8,11-12,15-18H2. The summed E-state index contributed by atoms with van der Waals surface area (Å²) in [5, 5.41) is 13.4. The lowest BCUT2D eigenvalue weighted by Crippen LogP contribution is -2.53. The monoisotopic (exact) mass is 358 g/mol. The van der Waals surface area contributed by atoms with Gasteiger partial charge in [0.05, 0.1) is 11.8 Å². The Hall–Kier alpha value is -1.62. The smallest absolute Gasteiger partial charge is 0.128 e. The molecule has 1 aliphatic carbocycles. The first-order valence-electron chi connectivity index (χ1n) is 10.5. The maximum absolute atomic E-state index is 9.67. The van der Waals surface area contributed by atoms with Gasteiger partial charge >= 0.3 is 0 Å². The first-order valence-corrected chi connectivity index (χ1v) is 10.5. The summed E-state index contributed by atoms with van der Waals surface area (Å²) in [5.74, 6) is 1.07. The van der Waals surface area contributed by atoms with Crippen LogP contribution in [-0.2, 0) is 0 Å². The summed E-state index contributed by atoms with van der Waals surface area (Å²) in [7, 11) is 0. The largest absolute Gasteiger partial charge is 0.411 e. The van der Waals surface area contributed by atoms with Crippen LogP contribution in [0.3, 0.4) is 0 Å². The SMILES string of the molecule is ON=C1CCCCCCCCCCC1N1CCN(c2ccccn2)CC1. The lowest BCUT2D eigenvalue weighted by atomic mass is 9.95. The van der Waals surface area contributed by atoms with E-state index in [1.807, 2.05) is 12.3 Å².